The minimum Gasteiger partial charge on any atom is -0.481 e. The van der Waals surface area contributed by atoms with Crippen molar-refractivity contribution in [2.75, 3.05) is 20.8 Å². The van der Waals surface area contributed by atoms with Crippen molar-refractivity contribution in [2.45, 2.75) is 84.1 Å². The molecule has 15 nitrogen and oxygen atoms in total. The molecule has 7 N–H and O–H groups in total. The second-order valence-electron chi connectivity index (χ2n) is 15.7. The lowest BCUT2D eigenvalue weighted by Crippen LogP contribution is -2.42. The number of esters is 2. The van der Waals surface area contributed by atoms with Gasteiger partial charge in [0, 0.05) is 47.0 Å². The highest BCUT2D eigenvalue weighted by Crippen LogP contribution is 2.52. The number of carbonyl (C=O) groups is 5. The monoisotopic (exact) mass is 832 g/mol. The highest BCUT2D eigenvalue weighted by molar-refractivity contribution is 6.02. The average Bonchev–Trinajstić information content (AvgIpc) is 3.88. The first-order valence-corrected chi connectivity index (χ1v) is 20.2. The molecule has 15 heteroatoms. The number of carbonyl (C=O) groups excluding carboxylic acids is 3. The van der Waals surface area contributed by atoms with Gasteiger partial charge in [0.1, 0.15) is 12.0 Å². The van der Waals surface area contributed by atoms with Crippen LogP contribution in [0.1, 0.15) is 91.0 Å². The van der Waals surface area contributed by atoms with Crippen LogP contribution in [0.3, 0.4) is 0 Å². The van der Waals surface area contributed by atoms with Crippen LogP contribution in [0.5, 0.6) is 0 Å². The van der Waals surface area contributed by atoms with E-state index in [0.29, 0.717) is 77.1 Å². The van der Waals surface area contributed by atoms with Crippen LogP contribution in [0.2, 0.25) is 0 Å². The number of amides is 1. The van der Waals surface area contributed by atoms with Gasteiger partial charge in [-0.25, -0.2) is 9.78 Å². The van der Waals surface area contributed by atoms with Crippen molar-refractivity contribution in [3.05, 3.63) is 99.7 Å². The number of H-pyrrole nitrogens is 2. The zero-order chi connectivity index (χ0) is 44.3. The predicted molar refractivity (Wildman–Crippen MR) is 231 cm³/mol. The number of rotatable bonds is 15. The third-order valence-electron chi connectivity index (χ3n) is 12.1. The molecule has 1 unspecified atom stereocenters. The van der Waals surface area contributed by atoms with E-state index >= 15 is 0 Å². The standard InChI is InChI=1S/C46H52N6O9/c1-8-26-23(2)33-20-38-30-15-12-29(44(58)60-6)42(45(59)61-7)46(30,5)39(52-38)22-34-25(4)28(14-17-41(54)55)37(51-34)21-36-27(24(3)32(50-36)19-35(26)49-33)13-16-40(53)48-18-10-9-11-31(47)43(56)57/h8,12,15,19-22,31,42,50-51H,1,9-11,13-14,16-18,47H2,2-7H3,(H,48,53)(H,54,55)(H,56,57)/t31?,42-,46+/m0/s1. The summed E-state index contributed by atoms with van der Waals surface area (Å²) in [6, 6.07) is 6.61. The molecule has 3 atom stereocenters. The maximum Gasteiger partial charge on any atom is 0.334 e. The molecule has 61 heavy (non-hydrogen) atoms. The molecule has 8 bridgehead atoms. The number of ether oxygens (including phenoxy) is 2. The summed E-state index contributed by atoms with van der Waals surface area (Å²) in [7, 11) is 2.52. The summed E-state index contributed by atoms with van der Waals surface area (Å²) >= 11 is 0. The number of unbranched alkanes of at least 4 members (excludes halogenated alkanes) is 1. The van der Waals surface area contributed by atoms with Gasteiger partial charge in [0.2, 0.25) is 5.91 Å². The first-order valence-electron chi connectivity index (χ1n) is 20.2. The topological polar surface area (TPSA) is 240 Å². The van der Waals surface area contributed by atoms with Gasteiger partial charge >= 0.3 is 23.9 Å². The van der Waals surface area contributed by atoms with E-state index < -0.39 is 41.3 Å². The molecule has 3 aromatic heterocycles. The van der Waals surface area contributed by atoms with Gasteiger partial charge in [-0.3, -0.25) is 24.2 Å². The van der Waals surface area contributed by atoms with E-state index in [1.165, 1.54) is 14.2 Å². The molecule has 0 fully saturated rings. The molecule has 0 saturated heterocycles. The van der Waals surface area contributed by atoms with Crippen LogP contribution < -0.4 is 11.1 Å². The Balaban J connectivity index is 1.58. The zero-order valence-electron chi connectivity index (χ0n) is 35.3. The molecule has 320 valence electrons. The van der Waals surface area contributed by atoms with Crippen LogP contribution in [0, 0.1) is 19.8 Å². The summed E-state index contributed by atoms with van der Waals surface area (Å²) in [5.41, 5.74) is 15.1. The van der Waals surface area contributed by atoms with E-state index in [2.05, 4.69) is 21.9 Å². The Labute approximate surface area is 352 Å². The number of carboxylic acid groups (broad SMARTS) is 2. The van der Waals surface area contributed by atoms with E-state index in [4.69, 9.17) is 30.3 Å². The van der Waals surface area contributed by atoms with Crippen molar-refractivity contribution in [1.29, 1.82) is 0 Å². The number of allylic oxidation sites excluding steroid dienone is 6. The lowest BCUT2D eigenvalue weighted by molar-refractivity contribution is -0.149. The van der Waals surface area contributed by atoms with E-state index in [1.54, 1.807) is 18.2 Å². The Morgan fingerprint density at radius 3 is 2.13 bits per heavy atom. The number of hydrogen-bond acceptors (Lipinski definition) is 10. The number of aromatic nitrogens is 4. The van der Waals surface area contributed by atoms with Gasteiger partial charge in [0.25, 0.3) is 0 Å². The third kappa shape index (κ3) is 8.55. The highest BCUT2D eigenvalue weighted by Gasteiger charge is 2.53. The summed E-state index contributed by atoms with van der Waals surface area (Å²) < 4.78 is 10.4. The van der Waals surface area contributed by atoms with Crippen molar-refractivity contribution < 1.29 is 43.7 Å². The minimum atomic E-state index is -1.21. The second kappa shape index (κ2) is 17.9. The number of nitrogens with one attached hydrogen (secondary N) is 3. The minimum absolute atomic E-state index is 0.112. The molecular weight excluding hydrogens is 781 g/mol. The zero-order valence-corrected chi connectivity index (χ0v) is 35.3. The van der Waals surface area contributed by atoms with Gasteiger partial charge in [-0.1, -0.05) is 24.8 Å². The van der Waals surface area contributed by atoms with E-state index in [0.717, 1.165) is 38.9 Å². The molecule has 5 heterocycles. The smallest absolute Gasteiger partial charge is 0.334 e. The normalized spacial score (nSPS) is 17.5. The lowest BCUT2D eigenvalue weighted by atomic mass is 9.64. The molecule has 0 radical (unpaired) electrons. The van der Waals surface area contributed by atoms with Gasteiger partial charge in [0.05, 0.1) is 48.0 Å². The Kier molecular flexibility index (Phi) is 12.9. The molecule has 3 aliphatic rings. The molecule has 0 saturated carbocycles. The van der Waals surface area contributed by atoms with Gasteiger partial charge in [-0.05, 0) is 117 Å². The Hall–Kier alpha value is -6.61. The van der Waals surface area contributed by atoms with E-state index in [9.17, 15) is 29.1 Å². The highest BCUT2D eigenvalue weighted by atomic mass is 16.5. The number of hydrogen-bond donors (Lipinski definition) is 6. The van der Waals surface area contributed by atoms with Crippen molar-refractivity contribution in [3.63, 3.8) is 0 Å². The van der Waals surface area contributed by atoms with Crippen LogP contribution >= 0.6 is 0 Å². The summed E-state index contributed by atoms with van der Waals surface area (Å²) in [6.07, 6.45) is 7.16. The van der Waals surface area contributed by atoms with Crippen molar-refractivity contribution in [1.82, 2.24) is 25.3 Å². The first-order chi connectivity index (χ1) is 29.0. The fraction of sp³-hybridized carbons (Fsp3) is 0.370. The summed E-state index contributed by atoms with van der Waals surface area (Å²) in [6.45, 7) is 12.1. The molecule has 1 amide bonds. The lowest BCUT2D eigenvalue weighted by Gasteiger charge is -2.36. The molecule has 2 aliphatic heterocycles. The van der Waals surface area contributed by atoms with Crippen LogP contribution in [0.25, 0.3) is 38.8 Å². The average molecular weight is 833 g/mol. The molecular formula is C46H52N6O9. The number of fused-ring (bicyclic) bond motifs is 11. The SMILES string of the molecule is C=CC1=C(C)c2cc3nc(cc4[nH]c(cc5[nH]c(cc1n2)c(C)c5CCC(=O)NCCCCC(N)C(=O)O)c(CCC(=O)O)c4C)[C@@]1(C)C3=CC=C(C(=O)OC)[C@H]1C(=O)OC. The van der Waals surface area contributed by atoms with Gasteiger partial charge in [-0.2, -0.15) is 0 Å². The number of aliphatic carboxylic acids is 2. The Morgan fingerprint density at radius 1 is 0.869 bits per heavy atom. The maximum atomic E-state index is 13.8. The van der Waals surface area contributed by atoms with Crippen LogP contribution in [0.15, 0.2) is 54.6 Å². The predicted octanol–water partition coefficient (Wildman–Crippen LogP) is 5.94. The van der Waals surface area contributed by atoms with Gasteiger partial charge in [-0.15, -0.1) is 0 Å². The van der Waals surface area contributed by atoms with Crippen LogP contribution in [-0.2, 0) is 51.7 Å². The molecule has 3 aromatic rings. The first kappa shape index (κ1) is 44.0. The van der Waals surface area contributed by atoms with Gasteiger partial charge < -0.3 is 40.7 Å². The quantitative estimate of drug-likeness (QED) is 0.0771. The van der Waals surface area contributed by atoms with E-state index in [1.807, 2.05) is 52.0 Å². The fourth-order valence-corrected chi connectivity index (χ4v) is 8.52. The van der Waals surface area contributed by atoms with Gasteiger partial charge in [0.15, 0.2) is 0 Å². The number of methoxy groups -OCH3 is 2. The number of nitrogens with two attached hydrogens (primary N) is 1. The summed E-state index contributed by atoms with van der Waals surface area (Å²) in [5.74, 6) is -4.63. The number of carboxylic acids is 2. The molecule has 1 aliphatic carbocycles. The number of nitrogens with zero attached hydrogens (tertiary/aromatic N) is 2. The Morgan fingerprint density at radius 2 is 1.52 bits per heavy atom. The summed E-state index contributed by atoms with van der Waals surface area (Å²) in [5, 5.41) is 21.7. The number of aryl methyl sites for hydroxylation is 4. The van der Waals surface area contributed by atoms with Crippen LogP contribution in [-0.4, -0.2) is 86.7 Å². The fourth-order valence-electron chi connectivity index (χ4n) is 8.52. The van der Waals surface area contributed by atoms with Crippen molar-refractivity contribution >= 4 is 68.6 Å². The number of aromatic amines is 2. The third-order valence-corrected chi connectivity index (χ3v) is 12.1. The maximum absolute atomic E-state index is 13.8. The van der Waals surface area contributed by atoms with Crippen molar-refractivity contribution in [2.24, 2.45) is 11.7 Å². The summed E-state index contributed by atoms with van der Waals surface area (Å²) in [4.78, 5) is 80.3. The Bertz CT molecular complexity index is 2610. The molecule has 0 spiro atoms. The largest absolute Gasteiger partial charge is 0.481 e. The van der Waals surface area contributed by atoms with Crippen molar-refractivity contribution in [3.8, 4) is 0 Å². The molecule has 6 rings (SSSR count). The molecule has 0 aromatic carbocycles. The van der Waals surface area contributed by atoms with Crippen LogP contribution in [0.4, 0.5) is 0 Å². The second-order valence-corrected chi connectivity index (χ2v) is 15.7. The van der Waals surface area contributed by atoms with E-state index in [-0.39, 0.29) is 30.7 Å².